The number of carbonyl (C=O) groups excluding carboxylic acids is 2. The molecule has 0 aromatic heterocycles. The Kier molecular flexibility index (Phi) is 9.88. The van der Waals surface area contributed by atoms with Crippen LogP contribution in [-0.2, 0) is 11.3 Å². The zero-order chi connectivity index (χ0) is 31.3. The Bertz CT molecular complexity index is 1510. The lowest BCUT2D eigenvalue weighted by Gasteiger charge is -2.36. The Hall–Kier alpha value is -3.66. The highest BCUT2D eigenvalue weighted by molar-refractivity contribution is 6.37. The summed E-state index contributed by atoms with van der Waals surface area (Å²) in [6.07, 6.45) is 2.64. The van der Waals surface area contributed by atoms with Crippen LogP contribution in [0.5, 0.6) is 23.0 Å². The van der Waals surface area contributed by atoms with E-state index in [0.717, 1.165) is 36.3 Å². The highest BCUT2D eigenvalue weighted by atomic mass is 35.5. The highest BCUT2D eigenvalue weighted by Gasteiger charge is 2.40. The minimum Gasteiger partial charge on any atom is -0.490 e. The van der Waals surface area contributed by atoms with Gasteiger partial charge >= 0.3 is 0 Å². The number of aryl methyl sites for hydroxylation is 1. The predicted molar refractivity (Wildman–Crippen MR) is 172 cm³/mol. The molecule has 11 heteroatoms. The van der Waals surface area contributed by atoms with Crippen LogP contribution in [0.15, 0.2) is 54.6 Å². The molecule has 2 heterocycles. The first-order chi connectivity index (χ1) is 21.9. The van der Waals surface area contributed by atoms with Crippen molar-refractivity contribution >= 4 is 35.0 Å². The van der Waals surface area contributed by atoms with Crippen LogP contribution in [0.1, 0.15) is 40.7 Å². The molecule has 0 radical (unpaired) electrons. The van der Waals surface area contributed by atoms with E-state index in [-0.39, 0.29) is 43.0 Å². The van der Waals surface area contributed by atoms with Gasteiger partial charge in [0.2, 0.25) is 5.91 Å². The summed E-state index contributed by atoms with van der Waals surface area (Å²) in [4.78, 5) is 29.2. The minimum atomic E-state index is -0.362. The van der Waals surface area contributed by atoms with Crippen molar-refractivity contribution in [2.45, 2.75) is 44.8 Å². The monoisotopic (exact) mass is 653 g/mol. The lowest BCUT2D eigenvalue weighted by atomic mass is 9.91. The predicted octanol–water partition coefficient (Wildman–Crippen LogP) is 5.43. The van der Waals surface area contributed by atoms with E-state index in [0.29, 0.717) is 65.6 Å². The normalized spacial score (nSPS) is 19.0. The van der Waals surface area contributed by atoms with Crippen LogP contribution in [0, 0.1) is 12.8 Å². The van der Waals surface area contributed by atoms with Gasteiger partial charge in [-0.3, -0.25) is 9.59 Å². The van der Waals surface area contributed by atoms with Gasteiger partial charge in [0.25, 0.3) is 5.91 Å². The second-order valence-corrected chi connectivity index (χ2v) is 12.4. The summed E-state index contributed by atoms with van der Waals surface area (Å²) in [7, 11) is 0. The Morgan fingerprint density at radius 3 is 2.38 bits per heavy atom. The lowest BCUT2D eigenvalue weighted by molar-refractivity contribution is -0.138. The van der Waals surface area contributed by atoms with Gasteiger partial charge in [0.05, 0.1) is 16.0 Å². The van der Waals surface area contributed by atoms with Crippen molar-refractivity contribution in [3.63, 3.8) is 0 Å². The maximum atomic E-state index is 14.0. The average Bonchev–Trinajstić information content (AvgIpc) is 3.88. The van der Waals surface area contributed by atoms with Crippen LogP contribution in [-0.4, -0.2) is 68.3 Å². The molecule has 1 saturated heterocycles. The maximum absolute atomic E-state index is 14.0. The van der Waals surface area contributed by atoms with Gasteiger partial charge < -0.3 is 34.5 Å². The summed E-state index contributed by atoms with van der Waals surface area (Å²) >= 11 is 12.5. The number of hydrogen-bond acceptors (Lipinski definition) is 7. The third kappa shape index (κ3) is 7.77. The van der Waals surface area contributed by atoms with Crippen LogP contribution in [0.25, 0.3) is 0 Å². The largest absolute Gasteiger partial charge is 0.490 e. The molecule has 3 aromatic carbocycles. The van der Waals surface area contributed by atoms with E-state index in [9.17, 15) is 9.59 Å². The van der Waals surface area contributed by atoms with E-state index in [1.807, 2.05) is 30.0 Å². The van der Waals surface area contributed by atoms with Gasteiger partial charge in [-0.15, -0.1) is 0 Å². The van der Waals surface area contributed by atoms with E-state index in [2.05, 4.69) is 10.6 Å². The van der Waals surface area contributed by atoms with Gasteiger partial charge in [-0.25, -0.2) is 0 Å². The lowest BCUT2D eigenvalue weighted by Crippen LogP contribution is -2.55. The molecule has 238 valence electrons. The van der Waals surface area contributed by atoms with E-state index in [1.54, 1.807) is 36.4 Å². The van der Waals surface area contributed by atoms with Crippen LogP contribution in [0.3, 0.4) is 0 Å². The van der Waals surface area contributed by atoms with E-state index in [1.165, 1.54) is 0 Å². The van der Waals surface area contributed by atoms with Crippen LogP contribution < -0.4 is 29.6 Å². The Morgan fingerprint density at radius 1 is 0.933 bits per heavy atom. The smallest absolute Gasteiger partial charge is 0.251 e. The van der Waals surface area contributed by atoms with Gasteiger partial charge in [-0.2, -0.15) is 0 Å². The third-order valence-electron chi connectivity index (χ3n) is 8.20. The van der Waals surface area contributed by atoms with Gasteiger partial charge in [-0.1, -0.05) is 29.3 Å². The number of benzene rings is 3. The number of halogens is 2. The number of amides is 2. The fraction of sp³-hybridized carbons (Fsp3) is 0.412. The molecular weight excluding hydrogens is 617 g/mol. The molecule has 0 spiro atoms. The number of nitrogens with one attached hydrogen (secondary N) is 2. The van der Waals surface area contributed by atoms with E-state index < -0.39 is 0 Å². The van der Waals surface area contributed by atoms with Crippen molar-refractivity contribution in [2.75, 3.05) is 39.5 Å². The molecule has 2 atom stereocenters. The molecule has 2 N–H and O–H groups in total. The van der Waals surface area contributed by atoms with Crippen molar-refractivity contribution in [2.24, 2.45) is 5.92 Å². The van der Waals surface area contributed by atoms with Gasteiger partial charge in [0.1, 0.15) is 32.2 Å². The van der Waals surface area contributed by atoms with Crippen molar-refractivity contribution < 1.29 is 28.5 Å². The van der Waals surface area contributed by atoms with Crippen LogP contribution in [0.4, 0.5) is 0 Å². The van der Waals surface area contributed by atoms with Gasteiger partial charge in [0, 0.05) is 30.7 Å². The first-order valence-electron chi connectivity index (χ1n) is 15.4. The number of fused-ring (bicyclic) bond motifs is 1. The Morgan fingerprint density at radius 2 is 1.64 bits per heavy atom. The minimum absolute atomic E-state index is 0.0593. The van der Waals surface area contributed by atoms with Crippen molar-refractivity contribution in [3.8, 4) is 23.0 Å². The fourth-order valence-corrected chi connectivity index (χ4v) is 6.45. The second-order valence-electron chi connectivity index (χ2n) is 11.6. The summed E-state index contributed by atoms with van der Waals surface area (Å²) < 4.78 is 22.9. The number of nitrogens with zero attached hydrogens (tertiary/aromatic N) is 1. The highest BCUT2D eigenvalue weighted by Crippen LogP contribution is 2.35. The molecule has 2 unspecified atom stereocenters. The Balaban J connectivity index is 1.03. The van der Waals surface area contributed by atoms with Gasteiger partial charge in [-0.05, 0) is 92.4 Å². The molecule has 2 aliphatic heterocycles. The molecule has 3 aromatic rings. The first kappa shape index (κ1) is 31.3. The summed E-state index contributed by atoms with van der Waals surface area (Å²) in [5, 5.41) is 7.40. The van der Waals surface area contributed by atoms with E-state index >= 15 is 0 Å². The van der Waals surface area contributed by atoms with Crippen molar-refractivity contribution in [3.05, 3.63) is 81.3 Å². The fourth-order valence-electron chi connectivity index (χ4n) is 5.74. The van der Waals surface area contributed by atoms with Crippen molar-refractivity contribution in [1.29, 1.82) is 0 Å². The summed E-state index contributed by atoms with van der Waals surface area (Å²) in [6.45, 7) is 5.23. The second kappa shape index (κ2) is 14.2. The van der Waals surface area contributed by atoms with Crippen molar-refractivity contribution in [1.82, 2.24) is 15.5 Å². The topological polar surface area (TPSA) is 98.4 Å². The average molecular weight is 655 g/mol. The molecule has 1 aliphatic carbocycles. The van der Waals surface area contributed by atoms with Crippen LogP contribution in [0.2, 0.25) is 10.0 Å². The standard InChI is InChI=1S/C34H37Cl2N3O6/c1-21-16-27(35)32(28(36)17-21)45-15-12-42-25-7-3-23(4-8-25)33(40)38-29-10-11-37-19-26(29)34(41)39(24-5-6-24)20-22-2-9-30-31(18-22)44-14-13-43-30/h2-4,7-9,16-18,24,26,29,37H,5-6,10-15,19-20H2,1H3,(H,38,40). The van der Waals surface area contributed by atoms with E-state index in [4.69, 9.17) is 42.1 Å². The number of piperidine rings is 1. The third-order valence-corrected chi connectivity index (χ3v) is 8.77. The first-order valence-corrected chi connectivity index (χ1v) is 16.1. The molecule has 2 amide bonds. The molecule has 1 saturated carbocycles. The maximum Gasteiger partial charge on any atom is 0.251 e. The summed E-state index contributed by atoms with van der Waals surface area (Å²) in [5.41, 5.74) is 2.45. The number of carbonyl (C=O) groups is 2. The summed E-state index contributed by atoms with van der Waals surface area (Å²) in [5.74, 6) is 1.96. The molecule has 45 heavy (non-hydrogen) atoms. The molecule has 6 rings (SSSR count). The van der Waals surface area contributed by atoms with Gasteiger partial charge in [0.15, 0.2) is 17.2 Å². The molecule has 9 nitrogen and oxygen atoms in total. The number of ether oxygens (including phenoxy) is 4. The zero-order valence-corrected chi connectivity index (χ0v) is 26.7. The molecule has 2 fully saturated rings. The zero-order valence-electron chi connectivity index (χ0n) is 25.2. The SMILES string of the molecule is Cc1cc(Cl)c(OCCOc2ccc(C(=O)NC3CCNCC3C(=O)N(Cc3ccc4c(c3)OCCO4)C3CC3)cc2)c(Cl)c1. The molecule has 0 bridgehead atoms. The summed E-state index contributed by atoms with van der Waals surface area (Å²) in [6, 6.07) is 16.3. The number of hydrogen-bond donors (Lipinski definition) is 2. The van der Waals surface area contributed by atoms with Crippen LogP contribution >= 0.6 is 23.2 Å². The molecule has 3 aliphatic rings. The Labute approximate surface area is 273 Å². The molecular formula is C34H37Cl2N3O6. The quantitative estimate of drug-likeness (QED) is 0.266. The number of rotatable bonds is 11.